The van der Waals surface area contributed by atoms with Gasteiger partial charge in [0, 0.05) is 18.5 Å². The first-order valence-corrected chi connectivity index (χ1v) is 9.06. The predicted octanol–water partition coefficient (Wildman–Crippen LogP) is 1.67. The highest BCUT2D eigenvalue weighted by Gasteiger charge is 2.30. The number of carbonyl (C=O) groups excluding carboxylic acids is 1. The lowest BCUT2D eigenvalue weighted by Gasteiger charge is -2.22. The number of benzene rings is 1. The van der Waals surface area contributed by atoms with Crippen LogP contribution in [0.15, 0.2) is 6.07 Å². The van der Waals surface area contributed by atoms with Gasteiger partial charge in [-0.1, -0.05) is 6.07 Å². The van der Waals surface area contributed by atoms with Crippen LogP contribution in [0.25, 0.3) is 0 Å². The molecule has 0 aromatic heterocycles. The third kappa shape index (κ3) is 2.36. The number of quaternary nitrogens is 1. The lowest BCUT2D eigenvalue weighted by atomic mass is 9.98. The van der Waals surface area contributed by atoms with Gasteiger partial charge in [0.25, 0.3) is 5.91 Å². The number of nitrogens with one attached hydrogen (secondary N) is 2. The number of likely N-dealkylation sites (tertiary alicyclic amines) is 1. The number of aryl methyl sites for hydroxylation is 2. The van der Waals surface area contributed by atoms with Crippen molar-refractivity contribution in [1.82, 2.24) is 0 Å². The summed E-state index contributed by atoms with van der Waals surface area (Å²) in [6, 6.07) is 2.51. The number of hydrogen-bond donors (Lipinski definition) is 2. The van der Waals surface area contributed by atoms with Crippen LogP contribution in [0.3, 0.4) is 0 Å². The van der Waals surface area contributed by atoms with Crippen LogP contribution in [-0.2, 0) is 30.5 Å². The normalized spacial score (nSPS) is 21.7. The van der Waals surface area contributed by atoms with Gasteiger partial charge in [-0.3, -0.25) is 4.79 Å². The van der Waals surface area contributed by atoms with Crippen LogP contribution in [0.5, 0.6) is 0 Å². The van der Waals surface area contributed by atoms with Crippen LogP contribution in [0, 0.1) is 0 Å². The minimum Gasteiger partial charge on any atom is -0.325 e. The zero-order valence-electron chi connectivity index (χ0n) is 13.6. The SMILES string of the molecule is C[C@@H](C(=O)Nc1c2c(cc3c1CCC3)CCC2)[NH+]1CCCC1. The quantitative estimate of drug-likeness (QED) is 0.874. The van der Waals surface area contributed by atoms with E-state index >= 15 is 0 Å². The summed E-state index contributed by atoms with van der Waals surface area (Å²) in [5.74, 6) is 0.228. The highest BCUT2D eigenvalue weighted by atomic mass is 16.2. The van der Waals surface area contributed by atoms with Gasteiger partial charge in [0.2, 0.25) is 0 Å². The van der Waals surface area contributed by atoms with Crippen molar-refractivity contribution in [3.05, 3.63) is 28.3 Å². The molecule has 22 heavy (non-hydrogen) atoms. The summed E-state index contributed by atoms with van der Waals surface area (Å²) in [6.45, 7) is 4.40. The fraction of sp³-hybridized carbons (Fsp3) is 0.632. The summed E-state index contributed by atoms with van der Waals surface area (Å²) in [5.41, 5.74) is 7.09. The Bertz CT molecular complexity index is 570. The summed E-state index contributed by atoms with van der Waals surface area (Å²) in [5, 5.41) is 3.36. The van der Waals surface area contributed by atoms with E-state index in [0.717, 1.165) is 25.9 Å². The summed E-state index contributed by atoms with van der Waals surface area (Å²) in [7, 11) is 0. The average Bonchev–Trinajstić information content (AvgIpc) is 3.26. The monoisotopic (exact) mass is 299 g/mol. The lowest BCUT2D eigenvalue weighted by molar-refractivity contribution is -0.901. The van der Waals surface area contributed by atoms with E-state index in [2.05, 4.69) is 18.3 Å². The molecule has 1 saturated heterocycles. The van der Waals surface area contributed by atoms with E-state index in [0.29, 0.717) is 0 Å². The molecule has 2 aliphatic carbocycles. The number of fused-ring (bicyclic) bond motifs is 2. The molecule has 1 aromatic rings. The first-order valence-electron chi connectivity index (χ1n) is 9.06. The number of amides is 1. The molecular formula is C19H27N2O+. The number of carbonyl (C=O) groups is 1. The highest BCUT2D eigenvalue weighted by Crippen LogP contribution is 2.38. The fourth-order valence-corrected chi connectivity index (χ4v) is 4.65. The maximum atomic E-state index is 12.8. The van der Waals surface area contributed by atoms with E-state index in [1.54, 1.807) is 0 Å². The van der Waals surface area contributed by atoms with Crippen LogP contribution in [0.4, 0.5) is 5.69 Å². The fourth-order valence-electron chi connectivity index (χ4n) is 4.65. The van der Waals surface area contributed by atoms with Gasteiger partial charge >= 0.3 is 0 Å². The molecule has 0 radical (unpaired) electrons. The Morgan fingerprint density at radius 2 is 1.59 bits per heavy atom. The molecule has 1 heterocycles. The molecule has 118 valence electrons. The Morgan fingerprint density at radius 3 is 2.18 bits per heavy atom. The second kappa shape index (κ2) is 5.69. The predicted molar refractivity (Wildman–Crippen MR) is 88.5 cm³/mol. The third-order valence-corrected chi connectivity index (χ3v) is 5.97. The smallest absolute Gasteiger partial charge is 0.282 e. The van der Waals surface area contributed by atoms with Crippen molar-refractivity contribution in [3.8, 4) is 0 Å². The molecule has 4 rings (SSSR count). The van der Waals surface area contributed by atoms with E-state index in [4.69, 9.17) is 0 Å². The number of rotatable bonds is 3. The van der Waals surface area contributed by atoms with Gasteiger partial charge in [-0.15, -0.1) is 0 Å². The van der Waals surface area contributed by atoms with Gasteiger partial charge in [0.1, 0.15) is 0 Å². The molecule has 0 unspecified atom stereocenters. The second-order valence-electron chi connectivity index (χ2n) is 7.31. The van der Waals surface area contributed by atoms with Gasteiger partial charge in [0.05, 0.1) is 13.1 Å². The standard InChI is InChI=1S/C19H26N2O/c1-13(21-10-2-3-11-21)19(22)20-18-16-8-4-6-14(16)12-15-7-5-9-17(15)18/h12-13H,2-11H2,1H3,(H,20,22)/p+1/t13-/m0/s1. The molecule has 1 fully saturated rings. The van der Waals surface area contributed by atoms with Gasteiger partial charge in [-0.2, -0.15) is 0 Å². The highest BCUT2D eigenvalue weighted by molar-refractivity contribution is 5.95. The molecule has 3 aliphatic rings. The molecule has 0 saturated carbocycles. The Morgan fingerprint density at radius 1 is 1.00 bits per heavy atom. The minimum atomic E-state index is 0.0804. The molecule has 2 N–H and O–H groups in total. The van der Waals surface area contributed by atoms with Crippen molar-refractivity contribution in [3.63, 3.8) is 0 Å². The van der Waals surface area contributed by atoms with Crippen LogP contribution in [0.2, 0.25) is 0 Å². The number of anilines is 1. The van der Waals surface area contributed by atoms with E-state index in [1.807, 2.05) is 0 Å². The molecule has 3 heteroatoms. The first-order chi connectivity index (χ1) is 10.7. The lowest BCUT2D eigenvalue weighted by Crippen LogP contribution is -3.14. The molecule has 1 amide bonds. The summed E-state index contributed by atoms with van der Waals surface area (Å²) in [6.07, 6.45) is 9.69. The van der Waals surface area contributed by atoms with Gasteiger partial charge in [0.15, 0.2) is 6.04 Å². The topological polar surface area (TPSA) is 33.5 Å². The average molecular weight is 299 g/mol. The molecule has 1 aromatic carbocycles. The van der Waals surface area contributed by atoms with E-state index in [-0.39, 0.29) is 11.9 Å². The van der Waals surface area contributed by atoms with Crippen molar-refractivity contribution in [2.24, 2.45) is 0 Å². The van der Waals surface area contributed by atoms with Crippen LogP contribution < -0.4 is 10.2 Å². The van der Waals surface area contributed by atoms with Crippen LogP contribution in [-0.4, -0.2) is 25.0 Å². The van der Waals surface area contributed by atoms with Crippen molar-refractivity contribution in [2.75, 3.05) is 18.4 Å². The minimum absolute atomic E-state index is 0.0804. The molecule has 3 nitrogen and oxygen atoms in total. The van der Waals surface area contributed by atoms with Gasteiger partial charge < -0.3 is 10.2 Å². The Hall–Kier alpha value is -1.35. The van der Waals surface area contributed by atoms with Crippen molar-refractivity contribution in [1.29, 1.82) is 0 Å². The second-order valence-corrected chi connectivity index (χ2v) is 7.31. The summed E-state index contributed by atoms with van der Waals surface area (Å²) >= 11 is 0. The van der Waals surface area contributed by atoms with Crippen LogP contribution in [0.1, 0.15) is 54.9 Å². The molecule has 0 bridgehead atoms. The maximum absolute atomic E-state index is 12.8. The zero-order valence-corrected chi connectivity index (χ0v) is 13.6. The van der Waals surface area contributed by atoms with Gasteiger partial charge in [-0.05, 0) is 67.7 Å². The molecule has 1 atom stereocenters. The number of hydrogen-bond acceptors (Lipinski definition) is 1. The van der Waals surface area contributed by atoms with Crippen molar-refractivity contribution < 1.29 is 9.69 Å². The molecule has 1 aliphatic heterocycles. The Balaban J connectivity index is 1.61. The van der Waals surface area contributed by atoms with Crippen molar-refractivity contribution >= 4 is 11.6 Å². The van der Waals surface area contributed by atoms with Gasteiger partial charge in [-0.25, -0.2) is 0 Å². The summed E-state index contributed by atoms with van der Waals surface area (Å²) in [4.78, 5) is 14.2. The van der Waals surface area contributed by atoms with Crippen molar-refractivity contribution in [2.45, 2.75) is 64.3 Å². The molecular weight excluding hydrogens is 272 g/mol. The Labute approximate surface area is 133 Å². The maximum Gasteiger partial charge on any atom is 0.282 e. The Kier molecular flexibility index (Phi) is 3.69. The van der Waals surface area contributed by atoms with E-state index < -0.39 is 0 Å². The van der Waals surface area contributed by atoms with E-state index in [1.165, 1.54) is 71.4 Å². The largest absolute Gasteiger partial charge is 0.325 e. The van der Waals surface area contributed by atoms with E-state index in [9.17, 15) is 4.79 Å². The zero-order chi connectivity index (χ0) is 15.1. The summed E-state index contributed by atoms with van der Waals surface area (Å²) < 4.78 is 0. The molecule has 0 spiro atoms. The van der Waals surface area contributed by atoms with Crippen LogP contribution >= 0.6 is 0 Å². The first kappa shape index (κ1) is 14.3. The third-order valence-electron chi connectivity index (χ3n) is 5.97.